The number of carbonyl (C=O) groups is 1. The Morgan fingerprint density at radius 3 is 2.81 bits per heavy atom. The van der Waals surface area contributed by atoms with Gasteiger partial charge in [0.25, 0.3) is 5.91 Å². The fourth-order valence-corrected chi connectivity index (χ4v) is 3.93. The first-order chi connectivity index (χ1) is 17.5. The molecule has 36 heavy (non-hydrogen) atoms. The van der Waals surface area contributed by atoms with E-state index in [1.807, 2.05) is 18.2 Å². The highest BCUT2D eigenvalue weighted by molar-refractivity contribution is 6.02. The lowest BCUT2D eigenvalue weighted by atomic mass is 10.0. The SMILES string of the molecule is Cc1ccc(OCc2ccc(C(=O)Nc3cnn(Cc4cccc5ccccc45)c3)o2)c([N+](=O)[O-])c1. The molecule has 0 unspecified atom stereocenters. The highest BCUT2D eigenvalue weighted by Gasteiger charge is 2.17. The van der Waals surface area contributed by atoms with Crippen LogP contribution < -0.4 is 10.1 Å². The minimum Gasteiger partial charge on any atom is -0.479 e. The maximum absolute atomic E-state index is 12.7. The van der Waals surface area contributed by atoms with Crippen molar-refractivity contribution in [3.05, 3.63) is 118 Å². The van der Waals surface area contributed by atoms with Gasteiger partial charge in [0.15, 0.2) is 11.5 Å². The minimum absolute atomic E-state index is 0.0554. The summed E-state index contributed by atoms with van der Waals surface area (Å²) in [5.41, 5.74) is 2.29. The Kier molecular flexibility index (Phi) is 6.19. The number of ether oxygens (including phenoxy) is 1. The molecule has 0 radical (unpaired) electrons. The number of aryl methyl sites for hydroxylation is 1. The number of nitro benzene ring substituents is 1. The van der Waals surface area contributed by atoms with Crippen molar-refractivity contribution >= 4 is 28.1 Å². The van der Waals surface area contributed by atoms with E-state index in [4.69, 9.17) is 9.15 Å². The molecule has 3 aromatic carbocycles. The number of amides is 1. The first-order valence-corrected chi connectivity index (χ1v) is 11.2. The normalized spacial score (nSPS) is 10.9. The number of carbonyl (C=O) groups excluding carboxylic acids is 1. The van der Waals surface area contributed by atoms with E-state index in [1.54, 1.807) is 42.2 Å². The van der Waals surface area contributed by atoms with Crippen molar-refractivity contribution in [1.82, 2.24) is 9.78 Å². The largest absolute Gasteiger partial charge is 0.479 e. The van der Waals surface area contributed by atoms with Crippen LogP contribution >= 0.6 is 0 Å². The third-order valence-corrected chi connectivity index (χ3v) is 5.67. The average Bonchev–Trinajstić information content (AvgIpc) is 3.53. The lowest BCUT2D eigenvalue weighted by molar-refractivity contribution is -0.386. The molecule has 0 atom stereocenters. The van der Waals surface area contributed by atoms with Gasteiger partial charge < -0.3 is 14.5 Å². The molecule has 9 nitrogen and oxygen atoms in total. The second-order valence-electron chi connectivity index (χ2n) is 8.30. The van der Waals surface area contributed by atoms with Crippen molar-refractivity contribution in [3.8, 4) is 5.75 Å². The smallest absolute Gasteiger partial charge is 0.311 e. The minimum atomic E-state index is -0.496. The van der Waals surface area contributed by atoms with Crippen molar-refractivity contribution in [3.63, 3.8) is 0 Å². The van der Waals surface area contributed by atoms with Gasteiger partial charge in [-0.2, -0.15) is 5.10 Å². The fourth-order valence-electron chi connectivity index (χ4n) is 3.93. The molecule has 0 aliphatic carbocycles. The Hall–Kier alpha value is -4.92. The lowest BCUT2D eigenvalue weighted by Gasteiger charge is -2.06. The third-order valence-electron chi connectivity index (χ3n) is 5.67. The molecule has 0 fully saturated rings. The molecule has 1 N–H and O–H groups in total. The number of benzene rings is 3. The van der Waals surface area contributed by atoms with Crippen LogP contribution in [0.5, 0.6) is 5.75 Å². The highest BCUT2D eigenvalue weighted by Crippen LogP contribution is 2.28. The number of nitrogens with zero attached hydrogens (tertiary/aromatic N) is 3. The van der Waals surface area contributed by atoms with E-state index in [9.17, 15) is 14.9 Å². The average molecular weight is 482 g/mol. The number of furan rings is 1. The summed E-state index contributed by atoms with van der Waals surface area (Å²) >= 11 is 0. The standard InChI is InChI=1S/C27H22N4O5/c1-18-9-11-25(24(13-18)31(33)34)35-17-22-10-12-26(36-22)27(32)29-21-14-28-30(16-21)15-20-7-4-6-19-5-2-3-8-23(19)20/h2-14,16H,15,17H2,1H3,(H,29,32). The Morgan fingerprint density at radius 2 is 1.94 bits per heavy atom. The fraction of sp³-hybridized carbons (Fsp3) is 0.111. The summed E-state index contributed by atoms with van der Waals surface area (Å²) in [5, 5.41) is 20.7. The predicted molar refractivity (Wildman–Crippen MR) is 134 cm³/mol. The number of anilines is 1. The van der Waals surface area contributed by atoms with Crippen molar-refractivity contribution in [2.24, 2.45) is 0 Å². The maximum atomic E-state index is 12.7. The van der Waals surface area contributed by atoms with Gasteiger partial charge in [0, 0.05) is 12.3 Å². The van der Waals surface area contributed by atoms with Gasteiger partial charge in [-0.1, -0.05) is 48.5 Å². The third kappa shape index (κ3) is 4.95. The molecule has 0 aliphatic rings. The quantitative estimate of drug-likeness (QED) is 0.223. The number of nitrogens with one attached hydrogen (secondary N) is 1. The van der Waals surface area contributed by atoms with Crippen LogP contribution in [0.25, 0.3) is 10.8 Å². The zero-order valence-corrected chi connectivity index (χ0v) is 19.4. The Bertz CT molecular complexity index is 1560. The van der Waals surface area contributed by atoms with Crippen LogP contribution in [0, 0.1) is 17.0 Å². The van der Waals surface area contributed by atoms with E-state index in [1.165, 1.54) is 12.1 Å². The van der Waals surface area contributed by atoms with E-state index < -0.39 is 10.8 Å². The first-order valence-electron chi connectivity index (χ1n) is 11.2. The molecule has 180 valence electrons. The summed E-state index contributed by atoms with van der Waals surface area (Å²) in [6.45, 7) is 2.27. The van der Waals surface area contributed by atoms with E-state index in [-0.39, 0.29) is 23.8 Å². The highest BCUT2D eigenvalue weighted by atomic mass is 16.6. The molecule has 0 spiro atoms. The molecule has 1 amide bonds. The van der Waals surface area contributed by atoms with Gasteiger partial charge in [0.2, 0.25) is 0 Å². The molecule has 0 aliphatic heterocycles. The monoisotopic (exact) mass is 482 g/mol. The van der Waals surface area contributed by atoms with Crippen LogP contribution in [0.4, 0.5) is 11.4 Å². The summed E-state index contributed by atoms with van der Waals surface area (Å²) in [5.74, 6) is 0.148. The lowest BCUT2D eigenvalue weighted by Crippen LogP contribution is -2.10. The van der Waals surface area contributed by atoms with Crippen molar-refractivity contribution < 1.29 is 18.9 Å². The van der Waals surface area contributed by atoms with Crippen LogP contribution in [0.1, 0.15) is 27.4 Å². The summed E-state index contributed by atoms with van der Waals surface area (Å²) in [6.07, 6.45) is 3.33. The Balaban J connectivity index is 1.22. The first kappa shape index (κ1) is 22.9. The van der Waals surface area contributed by atoms with Gasteiger partial charge >= 0.3 is 5.69 Å². The van der Waals surface area contributed by atoms with Gasteiger partial charge in [-0.15, -0.1) is 0 Å². The number of rotatable bonds is 8. The van der Waals surface area contributed by atoms with E-state index in [0.29, 0.717) is 18.0 Å². The molecule has 0 bridgehead atoms. The summed E-state index contributed by atoms with van der Waals surface area (Å²) in [7, 11) is 0. The van der Waals surface area contributed by atoms with Crippen molar-refractivity contribution in [1.29, 1.82) is 0 Å². The second kappa shape index (κ2) is 9.75. The number of fused-ring (bicyclic) bond motifs is 1. The topological polar surface area (TPSA) is 112 Å². The van der Waals surface area contributed by atoms with Crippen LogP contribution in [-0.2, 0) is 13.2 Å². The predicted octanol–water partition coefficient (Wildman–Crippen LogP) is 5.73. The zero-order valence-electron chi connectivity index (χ0n) is 19.4. The van der Waals surface area contributed by atoms with Crippen molar-refractivity contribution in [2.75, 3.05) is 5.32 Å². The van der Waals surface area contributed by atoms with E-state index in [2.05, 4.69) is 34.7 Å². The second-order valence-corrected chi connectivity index (χ2v) is 8.30. The summed E-state index contributed by atoms with van der Waals surface area (Å²) in [4.78, 5) is 23.4. The number of hydrogen-bond donors (Lipinski definition) is 1. The summed E-state index contributed by atoms with van der Waals surface area (Å²) < 4.78 is 12.9. The maximum Gasteiger partial charge on any atom is 0.311 e. The summed E-state index contributed by atoms with van der Waals surface area (Å²) in [6, 6.07) is 22.1. The molecule has 5 aromatic rings. The zero-order chi connectivity index (χ0) is 25.1. The number of nitro groups is 1. The van der Waals surface area contributed by atoms with Crippen LogP contribution in [-0.4, -0.2) is 20.6 Å². The number of hydrogen-bond acceptors (Lipinski definition) is 6. The van der Waals surface area contributed by atoms with Crippen molar-refractivity contribution in [2.45, 2.75) is 20.1 Å². The molecular formula is C27H22N4O5. The molecule has 5 rings (SSSR count). The van der Waals surface area contributed by atoms with Gasteiger partial charge in [-0.25, -0.2) is 0 Å². The van der Waals surface area contributed by atoms with E-state index >= 15 is 0 Å². The van der Waals surface area contributed by atoms with Gasteiger partial charge in [0.1, 0.15) is 12.4 Å². The Labute approximate surface area is 206 Å². The van der Waals surface area contributed by atoms with Gasteiger partial charge in [-0.3, -0.25) is 19.6 Å². The molecule has 2 heterocycles. The van der Waals surface area contributed by atoms with Gasteiger partial charge in [0.05, 0.1) is 23.4 Å². The van der Waals surface area contributed by atoms with Gasteiger partial charge in [-0.05, 0) is 47.0 Å². The molecule has 9 heteroatoms. The Morgan fingerprint density at radius 1 is 1.11 bits per heavy atom. The molecular weight excluding hydrogens is 460 g/mol. The van der Waals surface area contributed by atoms with Crippen LogP contribution in [0.3, 0.4) is 0 Å². The number of aromatic nitrogens is 2. The van der Waals surface area contributed by atoms with E-state index in [0.717, 1.165) is 21.9 Å². The molecule has 0 saturated heterocycles. The molecule has 0 saturated carbocycles. The van der Waals surface area contributed by atoms with Crippen LogP contribution in [0.15, 0.2) is 89.6 Å². The molecule has 2 aromatic heterocycles. The van der Waals surface area contributed by atoms with Crippen LogP contribution in [0.2, 0.25) is 0 Å².